The fourth-order valence-corrected chi connectivity index (χ4v) is 3.36. The maximum atomic E-state index is 12.8. The second kappa shape index (κ2) is 7.17. The van der Waals surface area contributed by atoms with Gasteiger partial charge in [-0.15, -0.1) is 0 Å². The van der Waals surface area contributed by atoms with Crippen LogP contribution in [-0.4, -0.2) is 59.7 Å². The minimum Gasteiger partial charge on any atom is -0.467 e. The van der Waals surface area contributed by atoms with Gasteiger partial charge in [0.25, 0.3) is 0 Å². The lowest BCUT2D eigenvalue weighted by Crippen LogP contribution is -2.51. The van der Waals surface area contributed by atoms with Gasteiger partial charge in [-0.05, 0) is 19.1 Å². The lowest BCUT2D eigenvalue weighted by atomic mass is 10.0. The second-order valence-corrected chi connectivity index (χ2v) is 6.42. The van der Waals surface area contributed by atoms with Crippen LogP contribution in [0.2, 0.25) is 0 Å². The van der Waals surface area contributed by atoms with E-state index in [1.54, 1.807) is 22.1 Å². The number of hydrogen-bond donors (Lipinski definition) is 0. The van der Waals surface area contributed by atoms with Gasteiger partial charge in [-0.2, -0.15) is 0 Å². The van der Waals surface area contributed by atoms with Crippen molar-refractivity contribution in [3.63, 3.8) is 0 Å². The van der Waals surface area contributed by atoms with E-state index in [1.165, 1.54) is 6.92 Å². The van der Waals surface area contributed by atoms with Crippen LogP contribution in [0.3, 0.4) is 0 Å². The molecule has 0 unspecified atom stereocenters. The largest absolute Gasteiger partial charge is 0.467 e. The highest BCUT2D eigenvalue weighted by molar-refractivity contribution is 5.89. The van der Waals surface area contributed by atoms with E-state index in [0.29, 0.717) is 45.0 Å². The highest BCUT2D eigenvalue weighted by Gasteiger charge is 2.39. The van der Waals surface area contributed by atoms with Gasteiger partial charge >= 0.3 is 0 Å². The second-order valence-electron chi connectivity index (χ2n) is 6.42. The standard InChI is InChI=1S/C17H22N2O5/c1-12(20)7-14-11-23-6-4-19(14)17(22)13-8-16(21)18(9-13)10-15-3-2-5-24-15/h2-3,5,13-14H,4,6-11H2,1H3/t13-,14-/m0/s1. The summed E-state index contributed by atoms with van der Waals surface area (Å²) in [5, 5.41) is 0. The van der Waals surface area contributed by atoms with E-state index in [4.69, 9.17) is 9.15 Å². The smallest absolute Gasteiger partial charge is 0.228 e. The first-order valence-corrected chi connectivity index (χ1v) is 8.22. The van der Waals surface area contributed by atoms with Crippen LogP contribution in [0.4, 0.5) is 0 Å². The van der Waals surface area contributed by atoms with Crippen LogP contribution in [0.1, 0.15) is 25.5 Å². The highest BCUT2D eigenvalue weighted by Crippen LogP contribution is 2.24. The van der Waals surface area contributed by atoms with Gasteiger partial charge in [-0.25, -0.2) is 0 Å². The molecule has 0 N–H and O–H groups in total. The zero-order valence-corrected chi connectivity index (χ0v) is 13.8. The van der Waals surface area contributed by atoms with E-state index >= 15 is 0 Å². The Bertz CT molecular complexity index is 613. The number of likely N-dealkylation sites (tertiary alicyclic amines) is 1. The van der Waals surface area contributed by atoms with Gasteiger partial charge in [0.2, 0.25) is 11.8 Å². The summed E-state index contributed by atoms with van der Waals surface area (Å²) in [6.45, 7) is 3.61. The Morgan fingerprint density at radius 3 is 2.92 bits per heavy atom. The van der Waals surface area contributed by atoms with Crippen LogP contribution in [-0.2, 0) is 25.7 Å². The number of amides is 2. The quantitative estimate of drug-likeness (QED) is 0.797. The topological polar surface area (TPSA) is 80.1 Å². The van der Waals surface area contributed by atoms with Gasteiger partial charge in [0.15, 0.2) is 0 Å². The first kappa shape index (κ1) is 16.7. The average molecular weight is 334 g/mol. The van der Waals surface area contributed by atoms with Crippen molar-refractivity contribution in [2.75, 3.05) is 26.3 Å². The van der Waals surface area contributed by atoms with Crippen LogP contribution in [0.15, 0.2) is 22.8 Å². The molecule has 2 aliphatic heterocycles. The fourth-order valence-electron chi connectivity index (χ4n) is 3.36. The van der Waals surface area contributed by atoms with Gasteiger partial charge in [-0.3, -0.25) is 14.4 Å². The summed E-state index contributed by atoms with van der Waals surface area (Å²) in [5.41, 5.74) is 0. The van der Waals surface area contributed by atoms with Gasteiger partial charge in [-0.1, -0.05) is 0 Å². The first-order valence-electron chi connectivity index (χ1n) is 8.22. The monoisotopic (exact) mass is 334 g/mol. The summed E-state index contributed by atoms with van der Waals surface area (Å²) < 4.78 is 10.7. The van der Waals surface area contributed by atoms with E-state index in [1.807, 2.05) is 6.07 Å². The number of ketones is 1. The summed E-state index contributed by atoms with van der Waals surface area (Å²) in [5.74, 6) is 0.281. The fraction of sp³-hybridized carbons (Fsp3) is 0.588. The molecular weight excluding hydrogens is 312 g/mol. The molecule has 2 aliphatic rings. The SMILES string of the molecule is CC(=O)C[C@H]1COCCN1C(=O)[C@H]1CC(=O)N(Cc2ccco2)C1. The van der Waals surface area contributed by atoms with Gasteiger partial charge in [0.1, 0.15) is 11.5 Å². The lowest BCUT2D eigenvalue weighted by Gasteiger charge is -2.36. The molecule has 2 fully saturated rings. The van der Waals surface area contributed by atoms with E-state index in [2.05, 4.69) is 0 Å². The number of carbonyl (C=O) groups excluding carboxylic acids is 3. The molecule has 0 aromatic carbocycles. The van der Waals surface area contributed by atoms with Crippen LogP contribution in [0, 0.1) is 5.92 Å². The number of morpholine rings is 1. The number of Topliss-reactive ketones (excluding diaryl/α,β-unsaturated/α-hetero) is 1. The Kier molecular flexibility index (Phi) is 4.99. The molecule has 3 rings (SSSR count). The van der Waals surface area contributed by atoms with Crippen molar-refractivity contribution in [2.45, 2.75) is 32.4 Å². The van der Waals surface area contributed by atoms with Crippen molar-refractivity contribution >= 4 is 17.6 Å². The van der Waals surface area contributed by atoms with Crippen molar-refractivity contribution in [1.82, 2.24) is 9.80 Å². The van der Waals surface area contributed by atoms with E-state index < -0.39 is 0 Å². The Morgan fingerprint density at radius 1 is 1.38 bits per heavy atom. The number of rotatable bonds is 5. The molecule has 0 bridgehead atoms. The van der Waals surface area contributed by atoms with E-state index in [9.17, 15) is 14.4 Å². The lowest BCUT2D eigenvalue weighted by molar-refractivity contribution is -0.145. The maximum Gasteiger partial charge on any atom is 0.228 e. The summed E-state index contributed by atoms with van der Waals surface area (Å²) in [4.78, 5) is 39.8. The number of nitrogens with zero attached hydrogens (tertiary/aromatic N) is 2. The van der Waals surface area contributed by atoms with Crippen molar-refractivity contribution in [3.8, 4) is 0 Å². The number of hydrogen-bond acceptors (Lipinski definition) is 5. The molecule has 24 heavy (non-hydrogen) atoms. The minimum absolute atomic E-state index is 0.0326. The number of furan rings is 1. The Balaban J connectivity index is 1.64. The normalized spacial score (nSPS) is 24.5. The Hall–Kier alpha value is -2.15. The first-order chi connectivity index (χ1) is 11.5. The van der Waals surface area contributed by atoms with Crippen LogP contribution in [0.5, 0.6) is 0 Å². The summed E-state index contributed by atoms with van der Waals surface area (Å²) in [7, 11) is 0. The van der Waals surface area contributed by atoms with Crippen molar-refractivity contribution in [3.05, 3.63) is 24.2 Å². The molecule has 130 valence electrons. The van der Waals surface area contributed by atoms with Crippen molar-refractivity contribution < 1.29 is 23.5 Å². The molecule has 3 heterocycles. The maximum absolute atomic E-state index is 12.8. The van der Waals surface area contributed by atoms with Crippen LogP contribution >= 0.6 is 0 Å². The molecule has 0 saturated carbocycles. The molecule has 1 aromatic heterocycles. The predicted octanol–water partition coefficient (Wildman–Crippen LogP) is 0.835. The van der Waals surface area contributed by atoms with Crippen molar-refractivity contribution in [2.24, 2.45) is 5.92 Å². The third-order valence-electron chi connectivity index (χ3n) is 4.52. The number of ether oxygens (including phenoxy) is 1. The van der Waals surface area contributed by atoms with Gasteiger partial charge in [0.05, 0.1) is 38.0 Å². The van der Waals surface area contributed by atoms with Crippen molar-refractivity contribution in [1.29, 1.82) is 0 Å². The summed E-state index contributed by atoms with van der Waals surface area (Å²) in [6, 6.07) is 3.37. The average Bonchev–Trinajstić information content (AvgIpc) is 3.18. The zero-order chi connectivity index (χ0) is 17.1. The highest BCUT2D eigenvalue weighted by atomic mass is 16.5. The van der Waals surface area contributed by atoms with Gasteiger partial charge in [0, 0.05) is 25.9 Å². The predicted molar refractivity (Wildman–Crippen MR) is 83.9 cm³/mol. The van der Waals surface area contributed by atoms with Gasteiger partial charge < -0.3 is 19.0 Å². The molecule has 0 radical (unpaired) electrons. The molecule has 0 aliphatic carbocycles. The number of carbonyl (C=O) groups is 3. The molecular formula is C17H22N2O5. The molecule has 2 atom stereocenters. The molecule has 7 heteroatoms. The van der Waals surface area contributed by atoms with E-state index in [0.717, 1.165) is 0 Å². The molecule has 1 aromatic rings. The molecule has 2 amide bonds. The minimum atomic E-state index is -0.361. The Labute approximate surface area is 140 Å². The molecule has 0 spiro atoms. The summed E-state index contributed by atoms with van der Waals surface area (Å²) in [6.07, 6.45) is 2.07. The molecule has 2 saturated heterocycles. The van der Waals surface area contributed by atoms with Crippen LogP contribution in [0.25, 0.3) is 0 Å². The third-order valence-corrected chi connectivity index (χ3v) is 4.52. The van der Waals surface area contributed by atoms with E-state index in [-0.39, 0.29) is 36.0 Å². The van der Waals surface area contributed by atoms with Crippen LogP contribution < -0.4 is 0 Å². The summed E-state index contributed by atoms with van der Waals surface area (Å²) >= 11 is 0. The Morgan fingerprint density at radius 2 is 2.21 bits per heavy atom. The molecule has 7 nitrogen and oxygen atoms in total. The zero-order valence-electron chi connectivity index (χ0n) is 13.8. The third kappa shape index (κ3) is 3.67.